The van der Waals surface area contributed by atoms with Crippen LogP contribution in [0.25, 0.3) is 0 Å². The highest BCUT2D eigenvalue weighted by atomic mass is 32.2. The summed E-state index contributed by atoms with van der Waals surface area (Å²) in [5, 5.41) is -0.0867. The fourth-order valence-corrected chi connectivity index (χ4v) is 4.39. The third kappa shape index (κ3) is 1.93. The number of carbonyl (C=O) groups is 2. The normalized spacial score (nSPS) is 24.0. The highest BCUT2D eigenvalue weighted by molar-refractivity contribution is 7.99. The lowest BCUT2D eigenvalue weighted by atomic mass is 10.2. The molecule has 2 aliphatic rings. The molecule has 2 heterocycles. The fraction of sp³-hybridized carbons (Fsp3) is 0.176. The Morgan fingerprint density at radius 3 is 2.23 bits per heavy atom. The average Bonchev–Trinajstić information content (AvgIpc) is 3.10. The van der Waals surface area contributed by atoms with Crippen LogP contribution in [0.4, 0.5) is 10.5 Å². The first-order chi connectivity index (χ1) is 10.8. The fourth-order valence-electron chi connectivity index (χ4n) is 2.98. The summed E-state index contributed by atoms with van der Waals surface area (Å²) in [6.45, 7) is 0. The molecular formula is C17H14N2O2S. The predicted molar refractivity (Wildman–Crippen MR) is 86.6 cm³/mol. The molecule has 2 atom stereocenters. The minimum absolute atomic E-state index is 0.0867. The van der Waals surface area contributed by atoms with Crippen LogP contribution in [0, 0.1) is 0 Å². The van der Waals surface area contributed by atoms with Crippen molar-refractivity contribution in [3.05, 3.63) is 66.2 Å². The van der Waals surface area contributed by atoms with E-state index in [1.54, 1.807) is 28.8 Å². The Morgan fingerprint density at radius 1 is 0.909 bits per heavy atom. The first kappa shape index (κ1) is 13.4. The third-order valence-corrected chi connectivity index (χ3v) is 5.34. The average molecular weight is 310 g/mol. The number of carbonyl (C=O) groups excluding carboxylic acids is 2. The number of rotatable bonds is 2. The number of amides is 3. The maximum Gasteiger partial charge on any atom is 0.333 e. The van der Waals surface area contributed by atoms with E-state index in [4.69, 9.17) is 0 Å². The molecule has 2 fully saturated rings. The van der Waals surface area contributed by atoms with Crippen molar-refractivity contribution in [3.63, 3.8) is 0 Å². The summed E-state index contributed by atoms with van der Waals surface area (Å²) in [6.07, 6.45) is 0. The zero-order chi connectivity index (χ0) is 15.1. The van der Waals surface area contributed by atoms with E-state index in [0.29, 0.717) is 11.4 Å². The van der Waals surface area contributed by atoms with E-state index in [1.165, 1.54) is 4.90 Å². The standard InChI is InChI=1S/C17H14N2O2S/c20-15-14-11-22-16(12-7-3-1-4-8-12)19(14)17(21)18(15)13-9-5-2-6-10-13/h1-10,14,16H,11H2/t14-,16?/m0/s1. The van der Waals surface area contributed by atoms with Gasteiger partial charge in [-0.05, 0) is 17.7 Å². The molecule has 0 N–H and O–H groups in total. The Kier molecular flexibility index (Phi) is 3.15. The molecule has 0 bridgehead atoms. The van der Waals surface area contributed by atoms with E-state index < -0.39 is 0 Å². The highest BCUT2D eigenvalue weighted by Gasteiger charge is 2.53. The van der Waals surface area contributed by atoms with E-state index in [9.17, 15) is 9.59 Å². The molecule has 4 nitrogen and oxygen atoms in total. The van der Waals surface area contributed by atoms with Crippen molar-refractivity contribution in [2.45, 2.75) is 11.4 Å². The van der Waals surface area contributed by atoms with E-state index in [0.717, 1.165) is 5.56 Å². The number of nitrogens with zero attached hydrogens (tertiary/aromatic N) is 2. The third-order valence-electron chi connectivity index (χ3n) is 4.02. The molecule has 4 rings (SSSR count). The monoisotopic (exact) mass is 310 g/mol. The lowest BCUT2D eigenvalue weighted by Crippen LogP contribution is -2.33. The van der Waals surface area contributed by atoms with Gasteiger partial charge in [0.15, 0.2) is 0 Å². The molecule has 0 aliphatic carbocycles. The molecule has 1 unspecified atom stereocenters. The lowest BCUT2D eigenvalue weighted by molar-refractivity contribution is -0.119. The van der Waals surface area contributed by atoms with Crippen molar-refractivity contribution in [3.8, 4) is 0 Å². The van der Waals surface area contributed by atoms with Gasteiger partial charge in [-0.2, -0.15) is 0 Å². The number of imide groups is 1. The number of anilines is 1. The molecular weight excluding hydrogens is 296 g/mol. The Labute approximate surface area is 132 Å². The molecule has 22 heavy (non-hydrogen) atoms. The summed E-state index contributed by atoms with van der Waals surface area (Å²) >= 11 is 1.65. The first-order valence-electron chi connectivity index (χ1n) is 7.15. The van der Waals surface area contributed by atoms with E-state index in [1.807, 2.05) is 48.5 Å². The van der Waals surface area contributed by atoms with Gasteiger partial charge in [0, 0.05) is 5.75 Å². The minimum atomic E-state index is -0.358. The molecule has 5 heteroatoms. The molecule has 2 saturated heterocycles. The highest BCUT2D eigenvalue weighted by Crippen LogP contribution is 2.45. The van der Waals surface area contributed by atoms with Gasteiger partial charge in [0.05, 0.1) is 5.69 Å². The van der Waals surface area contributed by atoms with Gasteiger partial charge in [-0.3, -0.25) is 9.69 Å². The maximum absolute atomic E-state index is 12.8. The van der Waals surface area contributed by atoms with Crippen LogP contribution >= 0.6 is 11.8 Å². The van der Waals surface area contributed by atoms with Crippen LogP contribution in [0.1, 0.15) is 10.9 Å². The quantitative estimate of drug-likeness (QED) is 0.799. The molecule has 2 aromatic carbocycles. The lowest BCUT2D eigenvalue weighted by Gasteiger charge is -2.22. The van der Waals surface area contributed by atoms with E-state index >= 15 is 0 Å². The van der Waals surface area contributed by atoms with Crippen LogP contribution in [-0.4, -0.2) is 28.6 Å². The number of hydrogen-bond donors (Lipinski definition) is 0. The van der Waals surface area contributed by atoms with Crippen molar-refractivity contribution in [1.29, 1.82) is 0 Å². The molecule has 0 saturated carbocycles. The zero-order valence-corrected chi connectivity index (χ0v) is 12.6. The predicted octanol–water partition coefficient (Wildman–Crippen LogP) is 3.27. The molecule has 3 amide bonds. The minimum Gasteiger partial charge on any atom is -0.295 e. The summed E-state index contributed by atoms with van der Waals surface area (Å²) in [7, 11) is 0. The van der Waals surface area contributed by atoms with Gasteiger partial charge in [-0.25, -0.2) is 9.69 Å². The molecule has 110 valence electrons. The van der Waals surface area contributed by atoms with Gasteiger partial charge in [0.2, 0.25) is 0 Å². The van der Waals surface area contributed by atoms with Gasteiger partial charge in [0.1, 0.15) is 11.4 Å². The van der Waals surface area contributed by atoms with Gasteiger partial charge in [-0.15, -0.1) is 11.8 Å². The Balaban J connectivity index is 1.70. The van der Waals surface area contributed by atoms with Gasteiger partial charge in [-0.1, -0.05) is 48.5 Å². The summed E-state index contributed by atoms with van der Waals surface area (Å²) in [5.74, 6) is 0.523. The first-order valence-corrected chi connectivity index (χ1v) is 8.20. The second-order valence-corrected chi connectivity index (χ2v) is 6.42. The Morgan fingerprint density at radius 2 is 1.55 bits per heavy atom. The summed E-state index contributed by atoms with van der Waals surface area (Å²) in [4.78, 5) is 28.4. The van der Waals surface area contributed by atoms with Crippen LogP contribution in [-0.2, 0) is 4.79 Å². The Hall–Kier alpha value is -2.27. The number of thioether (sulfide) groups is 1. The van der Waals surface area contributed by atoms with Crippen molar-refractivity contribution in [2.75, 3.05) is 10.7 Å². The molecule has 0 radical (unpaired) electrons. The number of urea groups is 1. The van der Waals surface area contributed by atoms with Crippen LogP contribution in [0.15, 0.2) is 60.7 Å². The second-order valence-electron chi connectivity index (χ2n) is 5.31. The van der Waals surface area contributed by atoms with Crippen LogP contribution < -0.4 is 4.90 Å². The van der Waals surface area contributed by atoms with Gasteiger partial charge >= 0.3 is 6.03 Å². The van der Waals surface area contributed by atoms with Crippen molar-refractivity contribution < 1.29 is 9.59 Å². The van der Waals surface area contributed by atoms with Crippen LogP contribution in [0.2, 0.25) is 0 Å². The van der Waals surface area contributed by atoms with Crippen LogP contribution in [0.3, 0.4) is 0 Å². The number of benzene rings is 2. The van der Waals surface area contributed by atoms with E-state index in [-0.39, 0.29) is 23.4 Å². The summed E-state index contributed by atoms with van der Waals surface area (Å²) in [6, 6.07) is 18.4. The van der Waals surface area contributed by atoms with E-state index in [2.05, 4.69) is 0 Å². The number of para-hydroxylation sites is 1. The molecule has 0 spiro atoms. The van der Waals surface area contributed by atoms with Crippen molar-refractivity contribution in [1.82, 2.24) is 4.90 Å². The number of hydrogen-bond acceptors (Lipinski definition) is 3. The Bertz CT molecular complexity index is 720. The van der Waals surface area contributed by atoms with Crippen molar-refractivity contribution in [2.24, 2.45) is 0 Å². The topological polar surface area (TPSA) is 40.6 Å². The molecule has 0 aromatic heterocycles. The zero-order valence-electron chi connectivity index (χ0n) is 11.8. The van der Waals surface area contributed by atoms with Gasteiger partial charge < -0.3 is 0 Å². The summed E-state index contributed by atoms with van der Waals surface area (Å²) < 4.78 is 0. The summed E-state index contributed by atoms with van der Waals surface area (Å²) in [5.41, 5.74) is 1.70. The second kappa shape index (κ2) is 5.18. The number of fused-ring (bicyclic) bond motifs is 1. The smallest absolute Gasteiger partial charge is 0.295 e. The molecule has 2 aliphatic heterocycles. The SMILES string of the molecule is O=C1[C@@H]2CSC(c3ccccc3)N2C(=O)N1c1ccccc1. The molecule has 2 aromatic rings. The van der Waals surface area contributed by atoms with Crippen molar-refractivity contribution >= 4 is 29.4 Å². The van der Waals surface area contributed by atoms with Gasteiger partial charge in [0.25, 0.3) is 5.91 Å². The largest absolute Gasteiger partial charge is 0.333 e. The maximum atomic E-state index is 12.8. The van der Waals surface area contributed by atoms with Crippen LogP contribution in [0.5, 0.6) is 0 Å².